The Hall–Kier alpha value is -1.07. The summed E-state index contributed by atoms with van der Waals surface area (Å²) in [5.41, 5.74) is 2.09. The fourth-order valence-corrected chi connectivity index (χ4v) is 4.60. The molecule has 2 saturated heterocycles. The number of fused-ring (bicyclic) bond motifs is 1. The first-order chi connectivity index (χ1) is 10.4. The van der Waals surface area contributed by atoms with E-state index in [1.54, 1.807) is 0 Å². The Balaban J connectivity index is 1.65. The molecule has 2 aromatic heterocycles. The molecular weight excluding hydrogens is 282 g/mol. The molecule has 2 aliphatic heterocycles. The van der Waals surface area contributed by atoms with Crippen LogP contribution in [-0.2, 0) is 17.7 Å². The zero-order chi connectivity index (χ0) is 14.1. The molecule has 0 saturated carbocycles. The molecule has 0 aromatic carbocycles. The lowest BCUT2D eigenvalue weighted by molar-refractivity contribution is 0.185. The summed E-state index contributed by atoms with van der Waals surface area (Å²) >= 11 is 2.10. The van der Waals surface area contributed by atoms with Crippen LogP contribution >= 0.6 is 11.8 Å². The van der Waals surface area contributed by atoms with Gasteiger partial charge in [-0.15, -0.1) is 0 Å². The van der Waals surface area contributed by atoms with Gasteiger partial charge < -0.3 is 9.30 Å². The van der Waals surface area contributed by atoms with Crippen molar-refractivity contribution in [2.45, 2.75) is 37.5 Å². The summed E-state index contributed by atoms with van der Waals surface area (Å²) in [7, 11) is 0. The van der Waals surface area contributed by atoms with Crippen LogP contribution in [0.3, 0.4) is 0 Å². The van der Waals surface area contributed by atoms with Gasteiger partial charge in [0.2, 0.25) is 0 Å². The molecule has 4 rings (SSSR count). The molecule has 2 aliphatic rings. The summed E-state index contributed by atoms with van der Waals surface area (Å²) < 4.78 is 7.89. The largest absolute Gasteiger partial charge is 0.381 e. The molecular formula is C16H21N3OS. The number of thioether (sulfide) groups is 1. The van der Waals surface area contributed by atoms with Gasteiger partial charge in [0.1, 0.15) is 11.3 Å². The van der Waals surface area contributed by atoms with Gasteiger partial charge in [-0.3, -0.25) is 0 Å². The van der Waals surface area contributed by atoms with Crippen molar-refractivity contribution in [3.05, 3.63) is 24.2 Å². The molecule has 0 spiro atoms. The van der Waals surface area contributed by atoms with Gasteiger partial charge in [-0.05, 0) is 43.1 Å². The molecule has 0 aliphatic carbocycles. The summed E-state index contributed by atoms with van der Waals surface area (Å²) in [5.74, 6) is 3.12. The van der Waals surface area contributed by atoms with Crippen LogP contribution in [0.4, 0.5) is 0 Å². The Bertz CT molecular complexity index is 615. The topological polar surface area (TPSA) is 39.9 Å². The molecule has 0 amide bonds. The third-order valence-electron chi connectivity index (χ3n) is 4.49. The van der Waals surface area contributed by atoms with Crippen molar-refractivity contribution in [3.63, 3.8) is 0 Å². The highest BCUT2D eigenvalue weighted by atomic mass is 32.2. The van der Waals surface area contributed by atoms with Crippen LogP contribution in [0, 0.1) is 5.92 Å². The van der Waals surface area contributed by atoms with Crippen LogP contribution in [0.5, 0.6) is 0 Å². The number of hydrogen-bond acceptors (Lipinski definition) is 4. The predicted octanol–water partition coefficient (Wildman–Crippen LogP) is 2.91. The fourth-order valence-electron chi connectivity index (χ4n) is 3.35. The highest BCUT2D eigenvalue weighted by Gasteiger charge is 2.23. The van der Waals surface area contributed by atoms with E-state index in [-0.39, 0.29) is 0 Å². The quantitative estimate of drug-likeness (QED) is 0.871. The number of hydrogen-bond donors (Lipinski definition) is 0. The van der Waals surface area contributed by atoms with E-state index in [4.69, 9.17) is 9.72 Å². The van der Waals surface area contributed by atoms with Gasteiger partial charge in [0.15, 0.2) is 5.65 Å². The zero-order valence-corrected chi connectivity index (χ0v) is 13.0. The van der Waals surface area contributed by atoms with Crippen molar-refractivity contribution in [2.75, 3.05) is 19.0 Å². The Morgan fingerprint density at radius 3 is 3.19 bits per heavy atom. The lowest BCUT2D eigenvalue weighted by Crippen LogP contribution is -2.16. The Labute approximate surface area is 129 Å². The molecule has 4 heterocycles. The van der Waals surface area contributed by atoms with Gasteiger partial charge in [0, 0.05) is 37.6 Å². The normalized spacial score (nSPS) is 25.9. The summed E-state index contributed by atoms with van der Waals surface area (Å²) in [4.78, 5) is 9.43. The third-order valence-corrected chi connectivity index (χ3v) is 5.87. The minimum Gasteiger partial charge on any atom is -0.381 e. The van der Waals surface area contributed by atoms with Crippen LogP contribution in [0.25, 0.3) is 11.2 Å². The lowest BCUT2D eigenvalue weighted by atomic mass is 10.0. The van der Waals surface area contributed by atoms with E-state index in [0.29, 0.717) is 5.92 Å². The van der Waals surface area contributed by atoms with Gasteiger partial charge in [-0.2, -0.15) is 11.8 Å². The van der Waals surface area contributed by atoms with E-state index < -0.39 is 0 Å². The van der Waals surface area contributed by atoms with Crippen molar-refractivity contribution in [1.29, 1.82) is 0 Å². The molecule has 2 aromatic rings. The maximum atomic E-state index is 5.52. The van der Waals surface area contributed by atoms with Crippen molar-refractivity contribution in [2.24, 2.45) is 5.92 Å². The minimum atomic E-state index is 0.622. The number of pyridine rings is 1. The Morgan fingerprint density at radius 2 is 2.38 bits per heavy atom. The number of aromatic nitrogens is 3. The summed E-state index contributed by atoms with van der Waals surface area (Å²) in [6, 6.07) is 4.06. The van der Waals surface area contributed by atoms with E-state index >= 15 is 0 Å². The van der Waals surface area contributed by atoms with Crippen molar-refractivity contribution >= 4 is 22.9 Å². The standard InChI is InChI=1S/C16H21N3OS/c1-4-14-16(17-6-1)19(10-13-3-2-8-21-13)15(18-14)9-12-5-7-20-11-12/h1,4,6,12-13H,2-3,5,7-11H2. The average molecular weight is 303 g/mol. The van der Waals surface area contributed by atoms with Gasteiger partial charge >= 0.3 is 0 Å². The number of nitrogens with zero attached hydrogens (tertiary/aromatic N) is 3. The van der Waals surface area contributed by atoms with Crippen molar-refractivity contribution in [3.8, 4) is 0 Å². The second-order valence-electron chi connectivity index (χ2n) is 6.05. The van der Waals surface area contributed by atoms with E-state index in [1.165, 1.54) is 24.4 Å². The molecule has 0 radical (unpaired) electrons. The Kier molecular flexibility index (Phi) is 3.86. The molecule has 2 fully saturated rings. The van der Waals surface area contributed by atoms with Crippen LogP contribution in [0.1, 0.15) is 25.1 Å². The van der Waals surface area contributed by atoms with Crippen molar-refractivity contribution < 1.29 is 4.74 Å². The van der Waals surface area contributed by atoms with E-state index in [9.17, 15) is 0 Å². The zero-order valence-electron chi connectivity index (χ0n) is 12.2. The summed E-state index contributed by atoms with van der Waals surface area (Å²) in [6.07, 6.45) is 6.73. The first-order valence-corrected chi connectivity index (χ1v) is 8.94. The molecule has 112 valence electrons. The van der Waals surface area contributed by atoms with E-state index in [1.807, 2.05) is 12.3 Å². The molecule has 0 bridgehead atoms. The maximum Gasteiger partial charge on any atom is 0.160 e. The third kappa shape index (κ3) is 2.81. The molecule has 0 N–H and O–H groups in total. The van der Waals surface area contributed by atoms with E-state index in [0.717, 1.165) is 49.0 Å². The second kappa shape index (κ2) is 5.97. The first-order valence-electron chi connectivity index (χ1n) is 7.89. The molecule has 4 nitrogen and oxygen atoms in total. The number of rotatable bonds is 4. The molecule has 5 heteroatoms. The van der Waals surface area contributed by atoms with Crippen LogP contribution in [0.15, 0.2) is 18.3 Å². The monoisotopic (exact) mass is 303 g/mol. The molecule has 21 heavy (non-hydrogen) atoms. The van der Waals surface area contributed by atoms with Gasteiger partial charge in [-0.1, -0.05) is 0 Å². The molecule has 2 atom stereocenters. The van der Waals surface area contributed by atoms with Crippen LogP contribution in [0.2, 0.25) is 0 Å². The summed E-state index contributed by atoms with van der Waals surface area (Å²) in [5, 5.41) is 0.725. The van der Waals surface area contributed by atoms with Gasteiger partial charge in [0.05, 0.1) is 0 Å². The van der Waals surface area contributed by atoms with Gasteiger partial charge in [0.25, 0.3) is 0 Å². The highest BCUT2D eigenvalue weighted by molar-refractivity contribution is 8.00. The maximum absolute atomic E-state index is 5.52. The van der Waals surface area contributed by atoms with Crippen LogP contribution < -0.4 is 0 Å². The molecule has 2 unspecified atom stereocenters. The lowest BCUT2D eigenvalue weighted by Gasteiger charge is -2.14. The minimum absolute atomic E-state index is 0.622. The number of imidazole rings is 1. The second-order valence-corrected chi connectivity index (χ2v) is 7.46. The van der Waals surface area contributed by atoms with E-state index in [2.05, 4.69) is 27.4 Å². The predicted molar refractivity (Wildman–Crippen MR) is 85.6 cm³/mol. The fraction of sp³-hybridized carbons (Fsp3) is 0.625. The average Bonchev–Trinajstić information content (AvgIpc) is 3.23. The first kappa shape index (κ1) is 13.6. The van der Waals surface area contributed by atoms with Gasteiger partial charge in [-0.25, -0.2) is 9.97 Å². The number of ether oxygens (including phenoxy) is 1. The van der Waals surface area contributed by atoms with Crippen LogP contribution in [-0.4, -0.2) is 38.8 Å². The van der Waals surface area contributed by atoms with Crippen molar-refractivity contribution in [1.82, 2.24) is 14.5 Å². The smallest absolute Gasteiger partial charge is 0.160 e. The Morgan fingerprint density at radius 1 is 1.38 bits per heavy atom. The highest BCUT2D eigenvalue weighted by Crippen LogP contribution is 2.29. The summed E-state index contributed by atoms with van der Waals surface area (Å²) in [6.45, 7) is 2.84. The SMILES string of the molecule is c1cnc2c(c1)nc(CC1CCOC1)n2CC1CCCS1.